The highest BCUT2D eigenvalue weighted by Crippen LogP contribution is 2.25. The lowest BCUT2D eigenvalue weighted by atomic mass is 10.1. The minimum atomic E-state index is -0.188. The second kappa shape index (κ2) is 3.98. The van der Waals surface area contributed by atoms with Crippen LogP contribution in [0, 0.1) is 12.7 Å². The summed E-state index contributed by atoms with van der Waals surface area (Å²) in [6, 6.07) is 5.17. The molecule has 0 aliphatic heterocycles. The number of aryl methyl sites for hydroxylation is 1. The molecule has 0 atom stereocenters. The standard InChI is InChI=1S/C11H11FN2S/c1-7-3-4-8(5-9(7)12)10-6-15-11(13-2)14-10/h3-6H,1-2H3,(H,13,14). The third kappa shape index (κ3) is 1.99. The number of rotatable bonds is 2. The molecule has 1 N–H and O–H groups in total. The summed E-state index contributed by atoms with van der Waals surface area (Å²) in [4.78, 5) is 4.31. The van der Waals surface area contributed by atoms with Crippen LogP contribution in [0.4, 0.5) is 9.52 Å². The maximum Gasteiger partial charge on any atom is 0.182 e. The van der Waals surface area contributed by atoms with Crippen molar-refractivity contribution >= 4 is 16.5 Å². The van der Waals surface area contributed by atoms with Gasteiger partial charge >= 0.3 is 0 Å². The smallest absolute Gasteiger partial charge is 0.182 e. The first kappa shape index (κ1) is 10.1. The molecular weight excluding hydrogens is 211 g/mol. The number of anilines is 1. The van der Waals surface area contributed by atoms with E-state index in [9.17, 15) is 4.39 Å². The van der Waals surface area contributed by atoms with Crippen molar-refractivity contribution < 1.29 is 4.39 Å². The Bertz CT molecular complexity index is 479. The fourth-order valence-electron chi connectivity index (χ4n) is 1.27. The number of hydrogen-bond acceptors (Lipinski definition) is 3. The van der Waals surface area contributed by atoms with E-state index in [-0.39, 0.29) is 5.82 Å². The van der Waals surface area contributed by atoms with Gasteiger partial charge in [0, 0.05) is 18.0 Å². The molecule has 78 valence electrons. The molecule has 0 aliphatic carbocycles. The van der Waals surface area contributed by atoms with Crippen molar-refractivity contribution in [2.45, 2.75) is 6.92 Å². The Morgan fingerprint density at radius 3 is 2.80 bits per heavy atom. The number of nitrogens with zero attached hydrogens (tertiary/aromatic N) is 1. The second-order valence-electron chi connectivity index (χ2n) is 3.25. The number of benzene rings is 1. The molecule has 2 nitrogen and oxygen atoms in total. The maximum absolute atomic E-state index is 13.3. The van der Waals surface area contributed by atoms with Crippen molar-refractivity contribution in [1.82, 2.24) is 4.98 Å². The molecule has 2 aromatic rings. The quantitative estimate of drug-likeness (QED) is 0.843. The zero-order valence-corrected chi connectivity index (χ0v) is 9.36. The molecule has 0 saturated carbocycles. The van der Waals surface area contributed by atoms with Gasteiger partial charge in [0.15, 0.2) is 5.13 Å². The van der Waals surface area contributed by atoms with Gasteiger partial charge in [-0.25, -0.2) is 9.37 Å². The Morgan fingerprint density at radius 1 is 1.40 bits per heavy atom. The molecule has 0 radical (unpaired) electrons. The van der Waals surface area contributed by atoms with Gasteiger partial charge < -0.3 is 5.32 Å². The summed E-state index contributed by atoms with van der Waals surface area (Å²) >= 11 is 1.51. The molecule has 0 unspecified atom stereocenters. The molecule has 2 rings (SSSR count). The maximum atomic E-state index is 13.3. The Balaban J connectivity index is 2.40. The van der Waals surface area contributed by atoms with Crippen LogP contribution in [0.1, 0.15) is 5.56 Å². The molecule has 15 heavy (non-hydrogen) atoms. The van der Waals surface area contributed by atoms with E-state index in [0.717, 1.165) is 16.4 Å². The number of aromatic nitrogens is 1. The first-order chi connectivity index (χ1) is 7.20. The highest BCUT2D eigenvalue weighted by molar-refractivity contribution is 7.14. The lowest BCUT2D eigenvalue weighted by molar-refractivity contribution is 0.619. The summed E-state index contributed by atoms with van der Waals surface area (Å²) in [5.74, 6) is -0.188. The van der Waals surface area contributed by atoms with Crippen molar-refractivity contribution in [2.75, 3.05) is 12.4 Å². The highest BCUT2D eigenvalue weighted by atomic mass is 32.1. The number of halogens is 1. The normalized spacial score (nSPS) is 10.3. The topological polar surface area (TPSA) is 24.9 Å². The van der Waals surface area contributed by atoms with E-state index in [1.54, 1.807) is 13.0 Å². The van der Waals surface area contributed by atoms with E-state index in [0.29, 0.717) is 5.56 Å². The van der Waals surface area contributed by atoms with Crippen LogP contribution in [0.3, 0.4) is 0 Å². The van der Waals surface area contributed by atoms with Crippen LogP contribution in [-0.4, -0.2) is 12.0 Å². The average Bonchev–Trinajstić information content (AvgIpc) is 2.70. The average molecular weight is 222 g/mol. The largest absolute Gasteiger partial charge is 0.365 e. The van der Waals surface area contributed by atoms with Crippen LogP contribution in [0.15, 0.2) is 23.6 Å². The second-order valence-corrected chi connectivity index (χ2v) is 4.11. The van der Waals surface area contributed by atoms with Crippen LogP contribution >= 0.6 is 11.3 Å². The summed E-state index contributed by atoms with van der Waals surface area (Å²) in [5.41, 5.74) is 2.28. The van der Waals surface area contributed by atoms with Gasteiger partial charge in [0.1, 0.15) is 5.82 Å². The zero-order valence-electron chi connectivity index (χ0n) is 8.54. The monoisotopic (exact) mass is 222 g/mol. The number of hydrogen-bond donors (Lipinski definition) is 1. The lowest BCUT2D eigenvalue weighted by Gasteiger charge is -1.99. The van der Waals surface area contributed by atoms with Gasteiger partial charge in [-0.3, -0.25) is 0 Å². The summed E-state index contributed by atoms with van der Waals surface area (Å²) in [7, 11) is 1.82. The molecule has 0 amide bonds. The molecule has 1 aromatic carbocycles. The predicted molar refractivity (Wildman–Crippen MR) is 61.8 cm³/mol. The Kier molecular flexibility index (Phi) is 2.68. The van der Waals surface area contributed by atoms with Crippen molar-refractivity contribution in [3.8, 4) is 11.3 Å². The van der Waals surface area contributed by atoms with Gasteiger partial charge in [0.25, 0.3) is 0 Å². The Morgan fingerprint density at radius 2 is 2.20 bits per heavy atom. The molecule has 0 saturated heterocycles. The molecular formula is C11H11FN2S. The van der Waals surface area contributed by atoms with Crippen LogP contribution < -0.4 is 5.32 Å². The molecule has 0 bridgehead atoms. The molecule has 1 aromatic heterocycles. The highest BCUT2D eigenvalue weighted by Gasteiger charge is 2.05. The Hall–Kier alpha value is -1.42. The third-order valence-corrected chi connectivity index (χ3v) is 3.05. The fourth-order valence-corrected chi connectivity index (χ4v) is 1.95. The van der Waals surface area contributed by atoms with E-state index >= 15 is 0 Å². The molecule has 1 heterocycles. The first-order valence-corrected chi connectivity index (χ1v) is 5.48. The van der Waals surface area contributed by atoms with Gasteiger partial charge in [-0.05, 0) is 18.6 Å². The molecule has 0 spiro atoms. The minimum absolute atomic E-state index is 0.188. The van der Waals surface area contributed by atoms with E-state index in [4.69, 9.17) is 0 Å². The summed E-state index contributed by atoms with van der Waals surface area (Å²) in [6.07, 6.45) is 0. The van der Waals surface area contributed by atoms with Crippen molar-refractivity contribution in [3.05, 3.63) is 35.0 Å². The third-order valence-electron chi connectivity index (χ3n) is 2.19. The van der Waals surface area contributed by atoms with Gasteiger partial charge in [-0.15, -0.1) is 11.3 Å². The number of nitrogens with one attached hydrogen (secondary N) is 1. The van der Waals surface area contributed by atoms with E-state index in [1.807, 2.05) is 18.5 Å². The SMILES string of the molecule is CNc1nc(-c2ccc(C)c(F)c2)cs1. The van der Waals surface area contributed by atoms with Crippen molar-refractivity contribution in [3.63, 3.8) is 0 Å². The molecule has 0 fully saturated rings. The van der Waals surface area contributed by atoms with Crippen LogP contribution in [0.5, 0.6) is 0 Å². The molecule has 4 heteroatoms. The zero-order chi connectivity index (χ0) is 10.8. The van der Waals surface area contributed by atoms with Gasteiger partial charge in [-0.2, -0.15) is 0 Å². The van der Waals surface area contributed by atoms with Crippen LogP contribution in [0.2, 0.25) is 0 Å². The van der Waals surface area contributed by atoms with Crippen LogP contribution in [0.25, 0.3) is 11.3 Å². The van der Waals surface area contributed by atoms with E-state index in [2.05, 4.69) is 10.3 Å². The number of thiazole rings is 1. The first-order valence-electron chi connectivity index (χ1n) is 4.60. The molecule has 0 aliphatic rings. The predicted octanol–water partition coefficient (Wildman–Crippen LogP) is 3.30. The summed E-state index contributed by atoms with van der Waals surface area (Å²) in [6.45, 7) is 1.75. The summed E-state index contributed by atoms with van der Waals surface area (Å²) in [5, 5.41) is 5.71. The lowest BCUT2D eigenvalue weighted by Crippen LogP contribution is -1.87. The van der Waals surface area contributed by atoms with Gasteiger partial charge in [0.2, 0.25) is 0 Å². The van der Waals surface area contributed by atoms with E-state index in [1.165, 1.54) is 17.4 Å². The fraction of sp³-hybridized carbons (Fsp3) is 0.182. The van der Waals surface area contributed by atoms with Gasteiger partial charge in [-0.1, -0.05) is 12.1 Å². The van der Waals surface area contributed by atoms with Gasteiger partial charge in [0.05, 0.1) is 5.69 Å². The van der Waals surface area contributed by atoms with Crippen molar-refractivity contribution in [2.24, 2.45) is 0 Å². The minimum Gasteiger partial charge on any atom is -0.365 e. The van der Waals surface area contributed by atoms with Crippen LogP contribution in [-0.2, 0) is 0 Å². The Labute approximate surface area is 91.8 Å². The summed E-state index contributed by atoms with van der Waals surface area (Å²) < 4.78 is 13.3. The van der Waals surface area contributed by atoms with Crippen molar-refractivity contribution in [1.29, 1.82) is 0 Å². The van der Waals surface area contributed by atoms with E-state index < -0.39 is 0 Å².